The number of rotatable bonds is 4. The molecule has 5 heteroatoms. The lowest BCUT2D eigenvalue weighted by Crippen LogP contribution is -2.13. The highest BCUT2D eigenvalue weighted by molar-refractivity contribution is 6.36. The number of aromatic nitrogens is 1. The van der Waals surface area contributed by atoms with Crippen LogP contribution in [0.25, 0.3) is 22.2 Å². The molecule has 0 aliphatic heterocycles. The molecule has 0 aliphatic rings. The molecular formula is C25H20Cl2N2O. The predicted molar refractivity (Wildman–Crippen MR) is 126 cm³/mol. The summed E-state index contributed by atoms with van der Waals surface area (Å²) in [7, 11) is 0. The average molecular weight is 435 g/mol. The van der Waals surface area contributed by atoms with Crippen molar-refractivity contribution in [1.29, 1.82) is 0 Å². The third-order valence-electron chi connectivity index (χ3n) is 5.00. The molecule has 4 aromatic rings. The van der Waals surface area contributed by atoms with Gasteiger partial charge in [-0.05, 0) is 53.9 Å². The van der Waals surface area contributed by atoms with Crippen LogP contribution in [-0.2, 0) is 0 Å². The summed E-state index contributed by atoms with van der Waals surface area (Å²) >= 11 is 12.4. The van der Waals surface area contributed by atoms with Gasteiger partial charge in [-0.1, -0.05) is 67.4 Å². The standard InChI is InChI=1S/C25H20Cl2N2O/c1-15(2)16-7-10-18(11-8-16)28-25(30)21-14-24(20-12-9-17(26)13-22(20)27)29-23-6-4-3-5-19(21)23/h3-15H,1-2H3,(H,28,30). The van der Waals surface area contributed by atoms with Gasteiger partial charge in [0.1, 0.15) is 0 Å². The Hall–Kier alpha value is -2.88. The van der Waals surface area contributed by atoms with Crippen LogP contribution in [0.4, 0.5) is 5.69 Å². The van der Waals surface area contributed by atoms with E-state index in [0.29, 0.717) is 27.2 Å². The van der Waals surface area contributed by atoms with Crippen LogP contribution in [0.5, 0.6) is 0 Å². The molecule has 0 aliphatic carbocycles. The lowest BCUT2D eigenvalue weighted by atomic mass is 10.0. The van der Waals surface area contributed by atoms with Crippen LogP contribution in [0.2, 0.25) is 10.0 Å². The van der Waals surface area contributed by atoms with Crippen LogP contribution in [0.1, 0.15) is 35.7 Å². The van der Waals surface area contributed by atoms with E-state index >= 15 is 0 Å². The van der Waals surface area contributed by atoms with Crippen molar-refractivity contribution in [3.8, 4) is 11.3 Å². The molecule has 0 unspecified atom stereocenters. The quantitative estimate of drug-likeness (QED) is 0.359. The lowest BCUT2D eigenvalue weighted by Gasteiger charge is -2.12. The number of hydrogen-bond donors (Lipinski definition) is 1. The number of fused-ring (bicyclic) bond motifs is 1. The second kappa shape index (κ2) is 8.47. The summed E-state index contributed by atoms with van der Waals surface area (Å²) in [6, 6.07) is 22.5. The highest BCUT2D eigenvalue weighted by Crippen LogP contribution is 2.32. The van der Waals surface area contributed by atoms with Crippen molar-refractivity contribution < 1.29 is 4.79 Å². The molecule has 0 fully saturated rings. The minimum atomic E-state index is -0.197. The van der Waals surface area contributed by atoms with Crippen molar-refractivity contribution in [2.24, 2.45) is 0 Å². The number of halogens is 2. The Morgan fingerprint density at radius 1 is 0.933 bits per heavy atom. The Labute approximate surface area is 185 Å². The number of anilines is 1. The van der Waals surface area contributed by atoms with Gasteiger partial charge >= 0.3 is 0 Å². The summed E-state index contributed by atoms with van der Waals surface area (Å²) in [4.78, 5) is 17.9. The average Bonchev–Trinajstić information content (AvgIpc) is 2.73. The van der Waals surface area contributed by atoms with Crippen molar-refractivity contribution >= 4 is 45.7 Å². The first-order valence-corrected chi connectivity index (χ1v) is 10.4. The van der Waals surface area contributed by atoms with E-state index in [1.807, 2.05) is 54.6 Å². The van der Waals surface area contributed by atoms with Crippen molar-refractivity contribution in [1.82, 2.24) is 4.98 Å². The fraction of sp³-hybridized carbons (Fsp3) is 0.120. The number of nitrogens with one attached hydrogen (secondary N) is 1. The van der Waals surface area contributed by atoms with E-state index in [4.69, 9.17) is 28.2 Å². The van der Waals surface area contributed by atoms with Crippen LogP contribution >= 0.6 is 23.2 Å². The minimum Gasteiger partial charge on any atom is -0.322 e. The third-order valence-corrected chi connectivity index (χ3v) is 5.55. The van der Waals surface area contributed by atoms with E-state index < -0.39 is 0 Å². The SMILES string of the molecule is CC(C)c1ccc(NC(=O)c2cc(-c3ccc(Cl)cc3Cl)nc3ccccc23)cc1. The summed E-state index contributed by atoms with van der Waals surface area (Å²) in [5.74, 6) is 0.239. The summed E-state index contributed by atoms with van der Waals surface area (Å²) in [6.45, 7) is 4.28. The topological polar surface area (TPSA) is 42.0 Å². The van der Waals surface area contributed by atoms with E-state index in [-0.39, 0.29) is 5.91 Å². The summed E-state index contributed by atoms with van der Waals surface area (Å²) in [5, 5.41) is 4.81. The molecule has 0 bridgehead atoms. The Morgan fingerprint density at radius 3 is 2.37 bits per heavy atom. The Bertz CT molecular complexity index is 1230. The molecule has 0 atom stereocenters. The molecule has 0 radical (unpaired) electrons. The molecule has 0 saturated heterocycles. The summed E-state index contributed by atoms with van der Waals surface area (Å²) in [6.07, 6.45) is 0. The molecule has 4 rings (SSSR count). The predicted octanol–water partition coefficient (Wildman–Crippen LogP) is 7.58. The number of hydrogen-bond acceptors (Lipinski definition) is 2. The number of nitrogens with zero attached hydrogens (tertiary/aromatic N) is 1. The molecule has 3 nitrogen and oxygen atoms in total. The molecule has 30 heavy (non-hydrogen) atoms. The highest BCUT2D eigenvalue weighted by atomic mass is 35.5. The second-order valence-corrected chi connectivity index (χ2v) is 8.27. The largest absolute Gasteiger partial charge is 0.322 e. The Morgan fingerprint density at radius 2 is 1.67 bits per heavy atom. The number of carbonyl (C=O) groups is 1. The van der Waals surface area contributed by atoms with Gasteiger partial charge in [0.25, 0.3) is 5.91 Å². The van der Waals surface area contributed by atoms with E-state index in [1.54, 1.807) is 18.2 Å². The molecule has 3 aromatic carbocycles. The van der Waals surface area contributed by atoms with Gasteiger partial charge in [-0.15, -0.1) is 0 Å². The van der Waals surface area contributed by atoms with Gasteiger partial charge in [0, 0.05) is 21.7 Å². The lowest BCUT2D eigenvalue weighted by molar-refractivity contribution is 0.102. The molecule has 1 amide bonds. The van der Waals surface area contributed by atoms with E-state index in [0.717, 1.165) is 22.2 Å². The number of amides is 1. The molecule has 0 saturated carbocycles. The van der Waals surface area contributed by atoms with E-state index in [9.17, 15) is 4.79 Å². The zero-order valence-corrected chi connectivity index (χ0v) is 18.1. The van der Waals surface area contributed by atoms with Gasteiger partial charge in [-0.3, -0.25) is 4.79 Å². The molecular weight excluding hydrogens is 415 g/mol. The number of pyridine rings is 1. The fourth-order valence-electron chi connectivity index (χ4n) is 3.35. The molecule has 1 N–H and O–H groups in total. The van der Waals surface area contributed by atoms with Crippen LogP contribution in [0, 0.1) is 0 Å². The number of benzene rings is 3. The van der Waals surface area contributed by atoms with Gasteiger partial charge in [0.15, 0.2) is 0 Å². The zero-order valence-electron chi connectivity index (χ0n) is 16.6. The first-order chi connectivity index (χ1) is 14.4. The maximum absolute atomic E-state index is 13.2. The number of para-hydroxylation sites is 1. The molecule has 0 spiro atoms. The van der Waals surface area contributed by atoms with Gasteiger partial charge in [0.2, 0.25) is 0 Å². The van der Waals surface area contributed by atoms with Crippen molar-refractivity contribution in [2.75, 3.05) is 5.32 Å². The Balaban J connectivity index is 1.76. The van der Waals surface area contributed by atoms with Crippen molar-refractivity contribution in [2.45, 2.75) is 19.8 Å². The number of carbonyl (C=O) groups excluding carboxylic acids is 1. The van der Waals surface area contributed by atoms with Crippen LogP contribution in [0.3, 0.4) is 0 Å². The van der Waals surface area contributed by atoms with Crippen molar-refractivity contribution in [3.63, 3.8) is 0 Å². The second-order valence-electron chi connectivity index (χ2n) is 7.43. The van der Waals surface area contributed by atoms with E-state index in [1.165, 1.54) is 5.56 Å². The van der Waals surface area contributed by atoms with E-state index in [2.05, 4.69) is 19.2 Å². The smallest absolute Gasteiger partial charge is 0.256 e. The first kappa shape index (κ1) is 20.4. The molecule has 1 aromatic heterocycles. The van der Waals surface area contributed by atoms with Crippen LogP contribution < -0.4 is 5.32 Å². The fourth-order valence-corrected chi connectivity index (χ4v) is 3.85. The van der Waals surface area contributed by atoms with Gasteiger partial charge < -0.3 is 5.32 Å². The molecule has 150 valence electrons. The monoisotopic (exact) mass is 434 g/mol. The van der Waals surface area contributed by atoms with Gasteiger partial charge in [-0.25, -0.2) is 4.98 Å². The third kappa shape index (κ3) is 4.18. The summed E-state index contributed by atoms with van der Waals surface area (Å²) < 4.78 is 0. The maximum Gasteiger partial charge on any atom is 0.256 e. The highest BCUT2D eigenvalue weighted by Gasteiger charge is 2.16. The minimum absolute atomic E-state index is 0.197. The summed E-state index contributed by atoms with van der Waals surface area (Å²) in [5.41, 5.74) is 4.58. The van der Waals surface area contributed by atoms with Crippen molar-refractivity contribution in [3.05, 3.63) is 94.0 Å². The normalized spacial score (nSPS) is 11.1. The van der Waals surface area contributed by atoms with Crippen LogP contribution in [-0.4, -0.2) is 10.9 Å². The molecule has 1 heterocycles. The van der Waals surface area contributed by atoms with Gasteiger partial charge in [-0.2, -0.15) is 0 Å². The van der Waals surface area contributed by atoms with Crippen LogP contribution in [0.15, 0.2) is 72.8 Å². The maximum atomic E-state index is 13.2. The van der Waals surface area contributed by atoms with Gasteiger partial charge in [0.05, 0.1) is 21.8 Å². The zero-order chi connectivity index (χ0) is 21.3. The first-order valence-electron chi connectivity index (χ1n) is 9.69. The Kier molecular flexibility index (Phi) is 5.76.